The van der Waals surface area contributed by atoms with Crippen LogP contribution in [0.25, 0.3) is 0 Å². The normalized spacial score (nSPS) is 27.0. The third-order valence-corrected chi connectivity index (χ3v) is 2.66. The van der Waals surface area contributed by atoms with E-state index in [0.29, 0.717) is 12.6 Å². The molecule has 4 heteroatoms. The summed E-state index contributed by atoms with van der Waals surface area (Å²) >= 11 is 0. The van der Waals surface area contributed by atoms with Crippen molar-refractivity contribution in [3.05, 3.63) is 18.0 Å². The molecule has 0 aromatic carbocycles. The van der Waals surface area contributed by atoms with E-state index in [0.717, 1.165) is 25.0 Å². The molecule has 1 aromatic rings. The van der Waals surface area contributed by atoms with Crippen LogP contribution < -0.4 is 5.73 Å². The second kappa shape index (κ2) is 4.11. The Morgan fingerprint density at radius 3 is 3.14 bits per heavy atom. The minimum Gasteiger partial charge on any atom is -0.369 e. The van der Waals surface area contributed by atoms with Gasteiger partial charge in [-0.15, -0.1) is 0 Å². The van der Waals surface area contributed by atoms with Crippen LogP contribution in [0, 0.1) is 0 Å². The van der Waals surface area contributed by atoms with E-state index in [4.69, 9.17) is 10.5 Å². The van der Waals surface area contributed by atoms with Gasteiger partial charge in [0.15, 0.2) is 0 Å². The highest BCUT2D eigenvalue weighted by atomic mass is 16.5. The Hall–Kier alpha value is -0.870. The molecule has 2 atom stereocenters. The van der Waals surface area contributed by atoms with Crippen molar-refractivity contribution >= 4 is 0 Å². The summed E-state index contributed by atoms with van der Waals surface area (Å²) in [5.41, 5.74) is 6.55. The summed E-state index contributed by atoms with van der Waals surface area (Å²) in [5.74, 6) is 0. The van der Waals surface area contributed by atoms with Crippen LogP contribution >= 0.6 is 0 Å². The standard InChI is InChI=1S/C10H17N3O/c1-13-7-5-9(12-13)10-3-2-8(14-10)4-6-11/h5,7-8,10H,2-4,6,11H2,1H3. The quantitative estimate of drug-likeness (QED) is 0.782. The van der Waals surface area contributed by atoms with Crippen molar-refractivity contribution < 1.29 is 4.74 Å². The first-order valence-electron chi connectivity index (χ1n) is 5.14. The number of aryl methyl sites for hydroxylation is 1. The molecule has 0 saturated carbocycles. The third-order valence-electron chi connectivity index (χ3n) is 2.66. The molecule has 14 heavy (non-hydrogen) atoms. The van der Waals surface area contributed by atoms with E-state index in [1.165, 1.54) is 0 Å². The Labute approximate surface area is 84.0 Å². The zero-order chi connectivity index (χ0) is 9.97. The first-order chi connectivity index (χ1) is 6.79. The zero-order valence-corrected chi connectivity index (χ0v) is 8.52. The van der Waals surface area contributed by atoms with Gasteiger partial charge in [-0.05, 0) is 31.9 Å². The fourth-order valence-corrected chi connectivity index (χ4v) is 1.93. The summed E-state index contributed by atoms with van der Waals surface area (Å²) in [6.07, 6.45) is 5.62. The zero-order valence-electron chi connectivity index (χ0n) is 8.52. The first-order valence-corrected chi connectivity index (χ1v) is 5.14. The van der Waals surface area contributed by atoms with Crippen molar-refractivity contribution in [3.63, 3.8) is 0 Å². The molecule has 1 aromatic heterocycles. The van der Waals surface area contributed by atoms with Gasteiger partial charge in [-0.25, -0.2) is 0 Å². The second-order valence-corrected chi connectivity index (χ2v) is 3.82. The maximum Gasteiger partial charge on any atom is 0.102 e. The molecular weight excluding hydrogens is 178 g/mol. The first kappa shape index (κ1) is 9.68. The van der Waals surface area contributed by atoms with E-state index >= 15 is 0 Å². The van der Waals surface area contributed by atoms with Crippen molar-refractivity contribution in [2.24, 2.45) is 12.8 Å². The molecule has 78 valence electrons. The molecule has 2 unspecified atom stereocenters. The lowest BCUT2D eigenvalue weighted by atomic mass is 10.1. The van der Waals surface area contributed by atoms with Crippen LogP contribution in [0.1, 0.15) is 31.1 Å². The number of nitrogens with two attached hydrogens (primary N) is 1. The Balaban J connectivity index is 1.95. The maximum absolute atomic E-state index is 5.85. The van der Waals surface area contributed by atoms with Crippen molar-refractivity contribution in [1.29, 1.82) is 0 Å². The highest BCUT2D eigenvalue weighted by Gasteiger charge is 2.27. The molecule has 1 aliphatic rings. The minimum atomic E-state index is 0.188. The minimum absolute atomic E-state index is 0.188. The summed E-state index contributed by atoms with van der Waals surface area (Å²) in [4.78, 5) is 0. The van der Waals surface area contributed by atoms with Crippen molar-refractivity contribution in [2.45, 2.75) is 31.5 Å². The van der Waals surface area contributed by atoms with Crippen LogP contribution in [0.5, 0.6) is 0 Å². The molecule has 4 nitrogen and oxygen atoms in total. The summed E-state index contributed by atoms with van der Waals surface area (Å²) in [6.45, 7) is 0.708. The van der Waals surface area contributed by atoms with E-state index in [9.17, 15) is 0 Å². The van der Waals surface area contributed by atoms with Crippen molar-refractivity contribution in [3.8, 4) is 0 Å². The van der Waals surface area contributed by atoms with Gasteiger partial charge in [-0.2, -0.15) is 5.10 Å². The molecule has 0 spiro atoms. The number of hydrogen-bond acceptors (Lipinski definition) is 3. The molecule has 2 heterocycles. The highest BCUT2D eigenvalue weighted by Crippen LogP contribution is 2.32. The average molecular weight is 195 g/mol. The SMILES string of the molecule is Cn1ccc(C2CCC(CCN)O2)n1. The Bertz CT molecular complexity index is 297. The lowest BCUT2D eigenvalue weighted by Crippen LogP contribution is -2.13. The number of aromatic nitrogens is 2. The Morgan fingerprint density at radius 1 is 1.64 bits per heavy atom. The van der Waals surface area contributed by atoms with Gasteiger partial charge in [0.05, 0.1) is 11.8 Å². The van der Waals surface area contributed by atoms with E-state index in [1.54, 1.807) is 0 Å². The summed E-state index contributed by atoms with van der Waals surface area (Å²) < 4.78 is 7.66. The van der Waals surface area contributed by atoms with Gasteiger partial charge in [-0.1, -0.05) is 0 Å². The highest BCUT2D eigenvalue weighted by molar-refractivity contribution is 5.04. The van der Waals surface area contributed by atoms with Crippen LogP contribution in [0.15, 0.2) is 12.3 Å². The van der Waals surface area contributed by atoms with E-state index in [2.05, 4.69) is 5.10 Å². The van der Waals surface area contributed by atoms with Gasteiger partial charge in [0.2, 0.25) is 0 Å². The monoisotopic (exact) mass is 195 g/mol. The number of nitrogens with zero attached hydrogens (tertiary/aromatic N) is 2. The average Bonchev–Trinajstić information content (AvgIpc) is 2.74. The predicted molar refractivity (Wildman–Crippen MR) is 53.7 cm³/mol. The van der Waals surface area contributed by atoms with Crippen LogP contribution in [0.3, 0.4) is 0 Å². The van der Waals surface area contributed by atoms with Crippen LogP contribution in [-0.2, 0) is 11.8 Å². The molecule has 0 bridgehead atoms. The van der Waals surface area contributed by atoms with Gasteiger partial charge in [0.25, 0.3) is 0 Å². The van der Waals surface area contributed by atoms with Crippen LogP contribution in [-0.4, -0.2) is 22.4 Å². The van der Waals surface area contributed by atoms with Gasteiger partial charge >= 0.3 is 0 Å². The van der Waals surface area contributed by atoms with Crippen molar-refractivity contribution in [1.82, 2.24) is 9.78 Å². The lowest BCUT2D eigenvalue weighted by molar-refractivity contribution is 0.0388. The number of hydrogen-bond donors (Lipinski definition) is 1. The molecule has 2 N–H and O–H groups in total. The van der Waals surface area contributed by atoms with Gasteiger partial charge < -0.3 is 10.5 Å². The van der Waals surface area contributed by atoms with Crippen molar-refractivity contribution in [2.75, 3.05) is 6.54 Å². The summed E-state index contributed by atoms with van der Waals surface area (Å²) in [7, 11) is 1.93. The Kier molecular flexibility index (Phi) is 2.84. The molecular formula is C10H17N3O. The third kappa shape index (κ3) is 1.96. The molecule has 0 radical (unpaired) electrons. The summed E-state index contributed by atoms with van der Waals surface area (Å²) in [6, 6.07) is 2.02. The second-order valence-electron chi connectivity index (χ2n) is 3.82. The van der Waals surface area contributed by atoms with E-state index < -0.39 is 0 Å². The van der Waals surface area contributed by atoms with Gasteiger partial charge in [0, 0.05) is 13.2 Å². The fourth-order valence-electron chi connectivity index (χ4n) is 1.93. The number of ether oxygens (including phenoxy) is 1. The predicted octanol–water partition coefficient (Wildman–Crippen LogP) is 0.989. The lowest BCUT2D eigenvalue weighted by Gasteiger charge is -2.10. The largest absolute Gasteiger partial charge is 0.369 e. The molecule has 2 rings (SSSR count). The Morgan fingerprint density at radius 2 is 2.50 bits per heavy atom. The van der Waals surface area contributed by atoms with E-state index in [1.807, 2.05) is 24.0 Å². The molecule has 1 fully saturated rings. The van der Waals surface area contributed by atoms with E-state index in [-0.39, 0.29) is 6.10 Å². The van der Waals surface area contributed by atoms with Gasteiger partial charge in [0.1, 0.15) is 6.10 Å². The van der Waals surface area contributed by atoms with Gasteiger partial charge in [-0.3, -0.25) is 4.68 Å². The fraction of sp³-hybridized carbons (Fsp3) is 0.700. The van der Waals surface area contributed by atoms with Crippen LogP contribution in [0.4, 0.5) is 0 Å². The number of rotatable bonds is 3. The molecule has 0 amide bonds. The summed E-state index contributed by atoms with van der Waals surface area (Å²) in [5, 5.41) is 4.35. The van der Waals surface area contributed by atoms with Crippen LogP contribution in [0.2, 0.25) is 0 Å². The topological polar surface area (TPSA) is 53.1 Å². The smallest absolute Gasteiger partial charge is 0.102 e. The molecule has 1 aliphatic heterocycles. The molecule has 1 saturated heterocycles. The molecule has 0 aliphatic carbocycles. The maximum atomic E-state index is 5.85.